The van der Waals surface area contributed by atoms with Gasteiger partial charge < -0.3 is 21.1 Å². The lowest BCUT2D eigenvalue weighted by Crippen LogP contribution is -2.43. The van der Waals surface area contributed by atoms with E-state index >= 15 is 0 Å². The molecular weight excluding hydrogens is 356 g/mol. The van der Waals surface area contributed by atoms with E-state index in [1.165, 1.54) is 19.2 Å². The Balaban J connectivity index is 2.79. The zero-order chi connectivity index (χ0) is 19.0. The Morgan fingerprint density at radius 2 is 1.56 bits per heavy atom. The van der Waals surface area contributed by atoms with E-state index < -0.39 is 40.3 Å². The van der Waals surface area contributed by atoms with Gasteiger partial charge in [-0.05, 0) is 24.3 Å². The number of likely N-dealkylation sites (N-methyl/N-ethyl adjacent to an activating group) is 1. The number of aliphatic hydroxyl groups is 1. The fourth-order valence-electron chi connectivity index (χ4n) is 1.50. The predicted octanol–water partition coefficient (Wildman–Crippen LogP) is -2.72. The van der Waals surface area contributed by atoms with Crippen LogP contribution in [0.1, 0.15) is 0 Å². The molecule has 12 heteroatoms. The molecule has 0 aliphatic carbocycles. The normalized spacial score (nSPS) is 10.5. The number of aliphatic hydroxyl groups excluding tert-OH is 1. The van der Waals surface area contributed by atoms with Gasteiger partial charge in [0, 0.05) is 19.3 Å². The molecule has 11 nitrogen and oxygen atoms in total. The lowest BCUT2D eigenvalue weighted by molar-refractivity contribution is -0.138. The van der Waals surface area contributed by atoms with Crippen molar-refractivity contribution in [1.82, 2.24) is 15.4 Å². The summed E-state index contributed by atoms with van der Waals surface area (Å²) in [5.74, 6) is -4.44. The number of hydrogen-bond donors (Lipinski definition) is 5. The van der Waals surface area contributed by atoms with Crippen LogP contribution in [0.25, 0.3) is 0 Å². The molecule has 5 N–H and O–H groups in total. The van der Waals surface area contributed by atoms with Crippen molar-refractivity contribution in [3.8, 4) is 0 Å². The Hall–Kier alpha value is -2.99. The number of hydrogen-bond acceptors (Lipinski definition) is 7. The van der Waals surface area contributed by atoms with Crippen LogP contribution in [0.2, 0.25) is 0 Å². The summed E-state index contributed by atoms with van der Waals surface area (Å²) in [6.07, 6.45) is 0. The quantitative estimate of drug-likeness (QED) is 0.350. The molecule has 4 amide bonds. The third-order valence-corrected chi connectivity index (χ3v) is 4.03. The molecule has 0 spiro atoms. The monoisotopic (exact) mass is 372 g/mol. The van der Waals surface area contributed by atoms with Gasteiger partial charge in [0.2, 0.25) is 0 Å². The topological polar surface area (TPSA) is 171 Å². The van der Waals surface area contributed by atoms with Crippen LogP contribution >= 0.6 is 0 Å². The molecule has 0 saturated carbocycles. The van der Waals surface area contributed by atoms with Crippen molar-refractivity contribution >= 4 is 39.3 Å². The Labute approximate surface area is 142 Å². The molecule has 0 saturated heterocycles. The number of benzene rings is 1. The van der Waals surface area contributed by atoms with Crippen molar-refractivity contribution in [2.75, 3.05) is 25.5 Å². The first kappa shape index (κ1) is 20.1. The maximum Gasteiger partial charge on any atom is 0.322 e. The molecular formula is C13H16N4O7S. The first-order chi connectivity index (χ1) is 11.7. The molecule has 136 valence electrons. The molecule has 0 aliphatic rings. The molecule has 1 aromatic carbocycles. The largest absolute Gasteiger partial charge is 0.395 e. The molecule has 0 bridgehead atoms. The van der Waals surface area contributed by atoms with Gasteiger partial charge in [0.1, 0.15) is 0 Å². The smallest absolute Gasteiger partial charge is 0.322 e. The van der Waals surface area contributed by atoms with E-state index in [9.17, 15) is 27.6 Å². The van der Waals surface area contributed by atoms with Gasteiger partial charge in [-0.25, -0.2) is 13.1 Å². The molecule has 0 fully saturated rings. The van der Waals surface area contributed by atoms with Gasteiger partial charge in [-0.15, -0.1) is 0 Å². The maximum atomic E-state index is 12.0. The van der Waals surface area contributed by atoms with Gasteiger partial charge in [0.15, 0.2) is 0 Å². The second-order valence-electron chi connectivity index (χ2n) is 4.47. The van der Waals surface area contributed by atoms with Crippen LogP contribution in [0.3, 0.4) is 0 Å². The Bertz CT molecular complexity index is 774. The summed E-state index contributed by atoms with van der Waals surface area (Å²) in [5.41, 5.74) is 0.152. The van der Waals surface area contributed by atoms with Crippen LogP contribution in [-0.4, -0.2) is 57.4 Å². The maximum absolute atomic E-state index is 12.0. The van der Waals surface area contributed by atoms with Crippen LogP contribution in [0.4, 0.5) is 5.69 Å². The number of carbonyl (C=O) groups excluding carboxylic acids is 4. The number of nitrogens with one attached hydrogen (secondary N) is 4. The number of rotatable bonds is 5. The second kappa shape index (κ2) is 8.75. The van der Waals surface area contributed by atoms with Gasteiger partial charge in [-0.1, -0.05) is 0 Å². The Kier molecular flexibility index (Phi) is 7.02. The van der Waals surface area contributed by atoms with E-state index in [2.05, 4.69) is 10.6 Å². The molecule has 0 aromatic heterocycles. The summed E-state index contributed by atoms with van der Waals surface area (Å²) in [6, 6.07) is 4.54. The fraction of sp³-hybridized carbons (Fsp3) is 0.231. The molecule has 1 rings (SSSR count). The Morgan fingerprint density at radius 1 is 0.960 bits per heavy atom. The minimum Gasteiger partial charge on any atom is -0.395 e. The van der Waals surface area contributed by atoms with Crippen molar-refractivity contribution in [3.63, 3.8) is 0 Å². The van der Waals surface area contributed by atoms with E-state index in [4.69, 9.17) is 5.11 Å². The number of carbonyl (C=O) groups is 4. The fourth-order valence-corrected chi connectivity index (χ4v) is 2.44. The minimum absolute atomic E-state index is 0.152. The van der Waals surface area contributed by atoms with Gasteiger partial charge in [0.25, 0.3) is 10.0 Å². The second-order valence-corrected chi connectivity index (χ2v) is 6.15. The third kappa shape index (κ3) is 5.86. The molecule has 0 atom stereocenters. The van der Waals surface area contributed by atoms with Crippen LogP contribution in [0.15, 0.2) is 29.2 Å². The molecule has 0 heterocycles. The molecule has 0 unspecified atom stereocenters. The zero-order valence-corrected chi connectivity index (χ0v) is 13.8. The average Bonchev–Trinajstić information content (AvgIpc) is 2.58. The van der Waals surface area contributed by atoms with Gasteiger partial charge >= 0.3 is 23.6 Å². The van der Waals surface area contributed by atoms with E-state index in [-0.39, 0.29) is 17.1 Å². The standard InChI is InChI=1S/C13H16N4O7S/c1-14-10(19)12(21)16-8-2-4-9(5-3-8)25(23,24)17-13(22)11(20)15-6-7-18/h2-5,18H,6-7H2,1H3,(H,14,19)(H,15,20)(H,16,21)(H,17,22). The molecule has 1 aromatic rings. The first-order valence-corrected chi connectivity index (χ1v) is 8.28. The van der Waals surface area contributed by atoms with E-state index in [1.54, 1.807) is 4.72 Å². The summed E-state index contributed by atoms with van der Waals surface area (Å²) in [4.78, 5) is 44.9. The van der Waals surface area contributed by atoms with Crippen LogP contribution in [0.5, 0.6) is 0 Å². The highest BCUT2D eigenvalue weighted by Crippen LogP contribution is 2.13. The van der Waals surface area contributed by atoms with Crippen LogP contribution in [0, 0.1) is 0 Å². The summed E-state index contributed by atoms with van der Waals surface area (Å²) in [7, 11) is -3.04. The van der Waals surface area contributed by atoms with Gasteiger partial charge in [-0.3, -0.25) is 19.2 Å². The van der Waals surface area contributed by atoms with Crippen molar-refractivity contribution in [2.24, 2.45) is 0 Å². The van der Waals surface area contributed by atoms with E-state index in [0.29, 0.717) is 0 Å². The summed E-state index contributed by atoms with van der Waals surface area (Å²) in [6.45, 7) is -0.610. The van der Waals surface area contributed by atoms with Crippen molar-refractivity contribution in [2.45, 2.75) is 4.90 Å². The summed E-state index contributed by atoms with van der Waals surface area (Å²) < 4.78 is 25.5. The highest BCUT2D eigenvalue weighted by Gasteiger charge is 2.22. The number of sulfonamides is 1. The van der Waals surface area contributed by atoms with Crippen molar-refractivity contribution in [1.29, 1.82) is 0 Å². The average molecular weight is 372 g/mol. The van der Waals surface area contributed by atoms with Crippen molar-refractivity contribution in [3.05, 3.63) is 24.3 Å². The molecule has 0 aliphatic heterocycles. The summed E-state index contributed by atoms with van der Waals surface area (Å²) >= 11 is 0. The van der Waals surface area contributed by atoms with Gasteiger partial charge in [0.05, 0.1) is 11.5 Å². The van der Waals surface area contributed by atoms with Crippen LogP contribution < -0.4 is 20.7 Å². The minimum atomic E-state index is -4.31. The van der Waals surface area contributed by atoms with Crippen LogP contribution in [-0.2, 0) is 29.2 Å². The summed E-state index contributed by atoms with van der Waals surface area (Å²) in [5, 5.41) is 14.9. The predicted molar refractivity (Wildman–Crippen MR) is 84.6 cm³/mol. The number of amides is 4. The lowest BCUT2D eigenvalue weighted by Gasteiger charge is -2.08. The third-order valence-electron chi connectivity index (χ3n) is 2.69. The number of anilines is 1. The van der Waals surface area contributed by atoms with E-state index in [1.807, 2.05) is 5.32 Å². The van der Waals surface area contributed by atoms with Gasteiger partial charge in [-0.2, -0.15) is 0 Å². The molecule has 25 heavy (non-hydrogen) atoms. The Morgan fingerprint density at radius 3 is 2.08 bits per heavy atom. The van der Waals surface area contributed by atoms with E-state index in [0.717, 1.165) is 12.1 Å². The first-order valence-electron chi connectivity index (χ1n) is 6.80. The lowest BCUT2D eigenvalue weighted by atomic mass is 10.3. The highest BCUT2D eigenvalue weighted by molar-refractivity contribution is 7.90. The molecule has 0 radical (unpaired) electrons. The zero-order valence-electron chi connectivity index (χ0n) is 13.0. The highest BCUT2D eigenvalue weighted by atomic mass is 32.2. The van der Waals surface area contributed by atoms with Crippen molar-refractivity contribution < 1.29 is 32.7 Å². The SMILES string of the molecule is CNC(=O)C(=O)Nc1ccc(S(=O)(=O)NC(=O)C(=O)NCCO)cc1.